The predicted octanol–water partition coefficient (Wildman–Crippen LogP) is 2.05. The Morgan fingerprint density at radius 3 is 2.47 bits per heavy atom. The average Bonchev–Trinajstić information content (AvgIpc) is 2.85. The Bertz CT molecular complexity index is 533. The van der Waals surface area contributed by atoms with Crippen molar-refractivity contribution in [2.75, 3.05) is 24.7 Å². The van der Waals surface area contributed by atoms with Crippen molar-refractivity contribution in [2.24, 2.45) is 5.41 Å². The fourth-order valence-electron chi connectivity index (χ4n) is 2.73. The van der Waals surface area contributed by atoms with Crippen molar-refractivity contribution < 1.29 is 13.5 Å². The van der Waals surface area contributed by atoms with E-state index in [1.165, 1.54) is 6.26 Å². The molecule has 2 rings (SSSR count). The van der Waals surface area contributed by atoms with Crippen molar-refractivity contribution in [1.29, 1.82) is 0 Å². The monoisotopic (exact) mass is 283 g/mol. The van der Waals surface area contributed by atoms with Crippen LogP contribution in [0.3, 0.4) is 0 Å². The van der Waals surface area contributed by atoms with Crippen LogP contribution in [0.15, 0.2) is 29.2 Å². The van der Waals surface area contributed by atoms with Gasteiger partial charge in [-0.15, -0.1) is 0 Å². The summed E-state index contributed by atoms with van der Waals surface area (Å²) in [6, 6.07) is 6.92. The molecule has 0 heterocycles. The van der Waals surface area contributed by atoms with E-state index in [0.717, 1.165) is 25.7 Å². The molecule has 0 spiro atoms. The molecule has 1 saturated carbocycles. The summed E-state index contributed by atoms with van der Waals surface area (Å²) in [4.78, 5) is 0.320. The van der Waals surface area contributed by atoms with Crippen LogP contribution in [-0.4, -0.2) is 32.9 Å². The third-order valence-corrected chi connectivity index (χ3v) is 5.09. The van der Waals surface area contributed by atoms with Gasteiger partial charge < -0.3 is 10.4 Å². The molecule has 5 heteroatoms. The van der Waals surface area contributed by atoms with Crippen molar-refractivity contribution >= 4 is 15.5 Å². The van der Waals surface area contributed by atoms with Crippen LogP contribution in [-0.2, 0) is 9.84 Å². The minimum absolute atomic E-state index is 0.0926. The SMILES string of the molecule is CS(=O)(=O)c1ccccc1NCC1(CO)CCCC1. The van der Waals surface area contributed by atoms with Crippen LogP contribution >= 0.6 is 0 Å². The Hall–Kier alpha value is -1.07. The number of aliphatic hydroxyl groups is 1. The first kappa shape index (κ1) is 14.3. The summed E-state index contributed by atoms with van der Waals surface area (Å²) >= 11 is 0. The molecular weight excluding hydrogens is 262 g/mol. The number of hydrogen-bond donors (Lipinski definition) is 2. The lowest BCUT2D eigenvalue weighted by Crippen LogP contribution is -2.30. The van der Waals surface area contributed by atoms with Crippen LogP contribution < -0.4 is 5.32 Å². The quantitative estimate of drug-likeness (QED) is 0.868. The zero-order valence-corrected chi connectivity index (χ0v) is 12.0. The molecule has 2 N–H and O–H groups in total. The van der Waals surface area contributed by atoms with Gasteiger partial charge in [-0.1, -0.05) is 25.0 Å². The molecule has 1 aliphatic carbocycles. The summed E-state index contributed by atoms with van der Waals surface area (Å²) in [6.07, 6.45) is 5.48. The van der Waals surface area contributed by atoms with E-state index in [-0.39, 0.29) is 12.0 Å². The second-order valence-electron chi connectivity index (χ2n) is 5.49. The first-order valence-electron chi connectivity index (χ1n) is 6.61. The van der Waals surface area contributed by atoms with Gasteiger partial charge in [0.15, 0.2) is 9.84 Å². The summed E-state index contributed by atoms with van der Waals surface area (Å²) in [6.45, 7) is 0.775. The molecule has 1 aromatic carbocycles. The van der Waals surface area contributed by atoms with Gasteiger partial charge in [-0.2, -0.15) is 0 Å². The number of aliphatic hydroxyl groups excluding tert-OH is 1. The highest BCUT2D eigenvalue weighted by Crippen LogP contribution is 2.38. The number of anilines is 1. The molecule has 0 radical (unpaired) electrons. The van der Waals surface area contributed by atoms with E-state index in [0.29, 0.717) is 17.1 Å². The van der Waals surface area contributed by atoms with Gasteiger partial charge in [0.2, 0.25) is 0 Å². The van der Waals surface area contributed by atoms with E-state index >= 15 is 0 Å². The Morgan fingerprint density at radius 2 is 1.89 bits per heavy atom. The maximum Gasteiger partial charge on any atom is 0.177 e. The van der Waals surface area contributed by atoms with Gasteiger partial charge in [0.25, 0.3) is 0 Å². The topological polar surface area (TPSA) is 66.4 Å². The molecular formula is C14H21NO3S. The first-order chi connectivity index (χ1) is 8.97. The Balaban J connectivity index is 2.16. The van der Waals surface area contributed by atoms with Crippen LogP contribution in [0, 0.1) is 5.41 Å². The number of benzene rings is 1. The van der Waals surface area contributed by atoms with Crippen LogP contribution in [0.5, 0.6) is 0 Å². The van der Waals surface area contributed by atoms with E-state index in [2.05, 4.69) is 5.32 Å². The smallest absolute Gasteiger partial charge is 0.177 e. The second kappa shape index (κ2) is 5.51. The highest BCUT2D eigenvalue weighted by Gasteiger charge is 2.33. The molecule has 1 fully saturated rings. The number of hydrogen-bond acceptors (Lipinski definition) is 4. The molecule has 4 nitrogen and oxygen atoms in total. The number of sulfone groups is 1. The first-order valence-corrected chi connectivity index (χ1v) is 8.50. The van der Waals surface area contributed by atoms with Gasteiger partial charge in [0.1, 0.15) is 0 Å². The molecule has 0 aliphatic heterocycles. The molecule has 0 aromatic heterocycles. The fraction of sp³-hybridized carbons (Fsp3) is 0.571. The largest absolute Gasteiger partial charge is 0.396 e. The molecule has 0 saturated heterocycles. The highest BCUT2D eigenvalue weighted by atomic mass is 32.2. The van der Waals surface area contributed by atoms with Gasteiger partial charge in [0, 0.05) is 18.2 Å². The summed E-state index contributed by atoms with van der Waals surface area (Å²) in [5.74, 6) is 0. The van der Waals surface area contributed by atoms with Crippen LogP contribution in [0.25, 0.3) is 0 Å². The molecule has 0 unspecified atom stereocenters. The van der Waals surface area contributed by atoms with Gasteiger partial charge in [-0.05, 0) is 25.0 Å². The van der Waals surface area contributed by atoms with Gasteiger partial charge in [-0.3, -0.25) is 0 Å². The standard InChI is InChI=1S/C14H21NO3S/c1-19(17,18)13-7-3-2-6-12(13)15-10-14(11-16)8-4-5-9-14/h2-3,6-7,15-16H,4-5,8-11H2,1H3. The molecule has 0 bridgehead atoms. The number of rotatable bonds is 5. The van der Waals surface area contributed by atoms with Crippen LogP contribution in [0.4, 0.5) is 5.69 Å². The van der Waals surface area contributed by atoms with Gasteiger partial charge in [0.05, 0.1) is 17.2 Å². The highest BCUT2D eigenvalue weighted by molar-refractivity contribution is 7.90. The van der Waals surface area contributed by atoms with E-state index in [9.17, 15) is 13.5 Å². The van der Waals surface area contributed by atoms with Crippen LogP contribution in [0.1, 0.15) is 25.7 Å². The molecule has 1 aliphatic rings. The van der Waals surface area contributed by atoms with Gasteiger partial charge >= 0.3 is 0 Å². The maximum atomic E-state index is 11.7. The Kier molecular flexibility index (Phi) is 4.16. The third kappa shape index (κ3) is 3.28. The lowest BCUT2D eigenvalue weighted by Gasteiger charge is -2.27. The van der Waals surface area contributed by atoms with Crippen molar-refractivity contribution in [2.45, 2.75) is 30.6 Å². The Morgan fingerprint density at radius 1 is 1.26 bits per heavy atom. The number of para-hydroxylation sites is 1. The molecule has 0 atom stereocenters. The lowest BCUT2D eigenvalue weighted by atomic mass is 9.87. The normalized spacial score (nSPS) is 18.4. The second-order valence-corrected chi connectivity index (χ2v) is 7.47. The van der Waals surface area contributed by atoms with Crippen LogP contribution in [0.2, 0.25) is 0 Å². The summed E-state index contributed by atoms with van der Waals surface area (Å²) in [7, 11) is -3.23. The summed E-state index contributed by atoms with van der Waals surface area (Å²) in [5, 5.41) is 12.8. The van der Waals surface area contributed by atoms with E-state index in [1.807, 2.05) is 6.07 Å². The van der Waals surface area contributed by atoms with E-state index in [1.54, 1.807) is 18.2 Å². The minimum atomic E-state index is -3.23. The van der Waals surface area contributed by atoms with Crippen molar-refractivity contribution in [3.63, 3.8) is 0 Å². The molecule has 106 valence electrons. The summed E-state index contributed by atoms with van der Waals surface area (Å²) in [5.41, 5.74) is 0.537. The minimum Gasteiger partial charge on any atom is -0.396 e. The molecule has 0 amide bonds. The third-order valence-electron chi connectivity index (χ3n) is 3.94. The summed E-state index contributed by atoms with van der Waals surface area (Å²) < 4.78 is 23.4. The Labute approximate surface area is 114 Å². The zero-order chi connectivity index (χ0) is 13.9. The number of nitrogens with one attached hydrogen (secondary N) is 1. The molecule has 1 aromatic rings. The molecule has 19 heavy (non-hydrogen) atoms. The zero-order valence-electron chi connectivity index (χ0n) is 11.2. The lowest BCUT2D eigenvalue weighted by molar-refractivity contribution is 0.142. The van der Waals surface area contributed by atoms with E-state index in [4.69, 9.17) is 0 Å². The fourth-order valence-corrected chi connectivity index (χ4v) is 3.60. The maximum absolute atomic E-state index is 11.7. The van der Waals surface area contributed by atoms with Gasteiger partial charge in [-0.25, -0.2) is 8.42 Å². The van der Waals surface area contributed by atoms with Crippen molar-refractivity contribution in [3.8, 4) is 0 Å². The van der Waals surface area contributed by atoms with Crippen molar-refractivity contribution in [3.05, 3.63) is 24.3 Å². The average molecular weight is 283 g/mol. The van der Waals surface area contributed by atoms with E-state index < -0.39 is 9.84 Å². The van der Waals surface area contributed by atoms with Crippen molar-refractivity contribution in [1.82, 2.24) is 0 Å². The predicted molar refractivity (Wildman–Crippen MR) is 76.0 cm³/mol.